The zero-order valence-electron chi connectivity index (χ0n) is 18.1. The normalized spacial score (nSPS) is 30.9. The molecule has 12 nitrogen and oxygen atoms in total. The van der Waals surface area contributed by atoms with Crippen molar-refractivity contribution in [2.24, 2.45) is 5.16 Å². The van der Waals surface area contributed by atoms with E-state index in [4.69, 9.17) is 19.2 Å². The number of halogens is 1. The molecule has 1 aromatic heterocycles. The third kappa shape index (κ3) is 5.20. The van der Waals surface area contributed by atoms with Gasteiger partial charge in [0, 0.05) is 25.8 Å². The molecular formula is C19H28FN5O7. The Labute approximate surface area is 183 Å². The molecule has 1 fully saturated rings. The largest absolute Gasteiger partial charge is 0.394 e. The van der Waals surface area contributed by atoms with E-state index in [0.29, 0.717) is 5.71 Å². The van der Waals surface area contributed by atoms with Gasteiger partial charge in [-0.3, -0.25) is 18.8 Å². The third-order valence-corrected chi connectivity index (χ3v) is 5.06. The molecule has 0 aromatic carbocycles. The van der Waals surface area contributed by atoms with Crippen molar-refractivity contribution in [3.05, 3.63) is 57.2 Å². The Morgan fingerprint density at radius 1 is 1.47 bits per heavy atom. The van der Waals surface area contributed by atoms with Gasteiger partial charge < -0.3 is 20.8 Å². The zero-order valence-corrected chi connectivity index (χ0v) is 18.1. The average Bonchev–Trinajstić information content (AvgIpc) is 3.13. The van der Waals surface area contributed by atoms with Crippen molar-refractivity contribution in [1.82, 2.24) is 20.9 Å². The van der Waals surface area contributed by atoms with Crippen molar-refractivity contribution in [3.8, 4) is 0 Å². The van der Waals surface area contributed by atoms with E-state index in [1.807, 2.05) is 0 Å². The van der Waals surface area contributed by atoms with E-state index in [1.54, 1.807) is 13.8 Å². The molecule has 3 unspecified atom stereocenters. The summed E-state index contributed by atoms with van der Waals surface area (Å²) in [6.07, 6.45) is 2.98. The maximum atomic E-state index is 13.6. The van der Waals surface area contributed by atoms with Crippen LogP contribution in [-0.4, -0.2) is 51.5 Å². The second-order valence-corrected chi connectivity index (χ2v) is 7.30. The summed E-state index contributed by atoms with van der Waals surface area (Å²) in [5.74, 6) is -0.468. The molecule has 178 valence electrons. The monoisotopic (exact) mass is 457 g/mol. The van der Waals surface area contributed by atoms with Crippen LogP contribution < -0.4 is 23.0 Å². The number of allylic oxidation sites excluding steroid dienone is 3. The number of hydrogen-bond donors (Lipinski definition) is 3. The molecule has 5 N–H and O–H groups in total. The van der Waals surface area contributed by atoms with E-state index < -0.39 is 47.7 Å². The number of aromatic nitrogens is 2. The lowest BCUT2D eigenvalue weighted by atomic mass is 9.97. The van der Waals surface area contributed by atoms with Crippen LogP contribution in [0.3, 0.4) is 0 Å². The second kappa shape index (κ2) is 10.8. The summed E-state index contributed by atoms with van der Waals surface area (Å²) in [4.78, 5) is 41.6. The Morgan fingerprint density at radius 2 is 2.22 bits per heavy atom. The molecule has 1 aromatic rings. The van der Waals surface area contributed by atoms with E-state index in [9.17, 15) is 19.1 Å². The molecule has 0 spiro atoms. The van der Waals surface area contributed by atoms with Gasteiger partial charge in [-0.15, -0.1) is 0 Å². The summed E-state index contributed by atoms with van der Waals surface area (Å²) in [6, 6.07) is 1.19. The molecule has 0 saturated carbocycles. The molecule has 2 aliphatic rings. The number of rotatable bonds is 6. The predicted molar refractivity (Wildman–Crippen MR) is 112 cm³/mol. The van der Waals surface area contributed by atoms with Gasteiger partial charge in [0.1, 0.15) is 18.0 Å². The van der Waals surface area contributed by atoms with Crippen molar-refractivity contribution >= 4 is 5.71 Å². The number of aliphatic hydroxyl groups excluding tert-OH is 1. The number of ether oxygens (including phenoxy) is 1. The fourth-order valence-corrected chi connectivity index (χ4v) is 3.32. The molecule has 32 heavy (non-hydrogen) atoms. The van der Waals surface area contributed by atoms with Crippen LogP contribution in [0.25, 0.3) is 0 Å². The highest BCUT2D eigenvalue weighted by molar-refractivity contribution is 5.85. The lowest BCUT2D eigenvalue weighted by Gasteiger charge is -2.33. The van der Waals surface area contributed by atoms with E-state index in [-0.39, 0.29) is 19.1 Å². The maximum Gasteiger partial charge on any atom is 0.333 e. The van der Waals surface area contributed by atoms with Gasteiger partial charge in [-0.2, -0.15) is 0 Å². The number of methoxy groups -OCH3 is 1. The quantitative estimate of drug-likeness (QED) is 0.552. The minimum atomic E-state index is -1.28. The SMILES string of the molecule is COC(CO)[C@@]1(C)ONOC1n1ccc(=O)n(C/C2=N/OC(C)/C=C(F)\C=C/C2)c1=O.N. The van der Waals surface area contributed by atoms with Gasteiger partial charge in [-0.1, -0.05) is 16.9 Å². The lowest BCUT2D eigenvalue weighted by Crippen LogP contribution is -2.52. The minimum Gasteiger partial charge on any atom is -0.394 e. The summed E-state index contributed by atoms with van der Waals surface area (Å²) in [5, 5.41) is 13.6. The summed E-state index contributed by atoms with van der Waals surface area (Å²) in [6.45, 7) is 2.63. The molecule has 0 bridgehead atoms. The molecule has 0 radical (unpaired) electrons. The molecule has 3 heterocycles. The van der Waals surface area contributed by atoms with Gasteiger partial charge >= 0.3 is 5.69 Å². The first kappa shape index (κ1) is 25.6. The standard InChI is InChI=1S/C19H25FN4O7.H3N/c1-12-9-13(20)5-4-6-14(21-29-12)10-24-16(26)7-8-23(18(24)27)17-19(2,31-22-30-17)15(11-25)28-3;/h4-5,7-9,12,15,17,22,25H,6,10-11H2,1-3H3;1H3/b5-4-,13-9+,21-14+;/t12?,15?,17?,19-;/m1./s1. The molecule has 0 amide bonds. The maximum absolute atomic E-state index is 13.6. The summed E-state index contributed by atoms with van der Waals surface area (Å²) in [7, 11) is 1.39. The Bertz CT molecular complexity index is 1000. The molecule has 3 rings (SSSR count). The van der Waals surface area contributed by atoms with Crippen molar-refractivity contribution in [2.45, 2.75) is 50.8 Å². The van der Waals surface area contributed by atoms with Crippen molar-refractivity contribution in [1.29, 1.82) is 0 Å². The summed E-state index contributed by atoms with van der Waals surface area (Å²) in [5.41, 5.74) is 0.0483. The Morgan fingerprint density at radius 3 is 2.91 bits per heavy atom. The predicted octanol–water partition coefficient (Wildman–Crippen LogP) is 0.477. The highest BCUT2D eigenvalue weighted by atomic mass is 19.1. The van der Waals surface area contributed by atoms with Crippen molar-refractivity contribution in [2.75, 3.05) is 13.7 Å². The Hall–Kier alpha value is -2.68. The number of nitrogens with zero attached hydrogens (tertiary/aromatic N) is 3. The van der Waals surface area contributed by atoms with Crippen LogP contribution >= 0.6 is 0 Å². The van der Waals surface area contributed by atoms with Crippen molar-refractivity contribution < 1.29 is 28.7 Å². The van der Waals surface area contributed by atoms with Gasteiger partial charge in [-0.25, -0.2) is 14.0 Å². The van der Waals surface area contributed by atoms with Crippen molar-refractivity contribution in [3.63, 3.8) is 0 Å². The summed E-state index contributed by atoms with van der Waals surface area (Å²) < 4.78 is 21.0. The smallest absolute Gasteiger partial charge is 0.333 e. The van der Waals surface area contributed by atoms with E-state index in [1.165, 1.54) is 37.6 Å². The van der Waals surface area contributed by atoms with Crippen LogP contribution in [-0.2, 0) is 25.8 Å². The van der Waals surface area contributed by atoms with Crippen LogP contribution in [0.15, 0.2) is 51.1 Å². The van der Waals surface area contributed by atoms with Crippen LogP contribution in [0.4, 0.5) is 4.39 Å². The molecule has 4 atom stereocenters. The van der Waals surface area contributed by atoms with Crippen LogP contribution in [0.1, 0.15) is 26.5 Å². The summed E-state index contributed by atoms with van der Waals surface area (Å²) >= 11 is 0. The van der Waals surface area contributed by atoms with E-state index >= 15 is 0 Å². The third-order valence-electron chi connectivity index (χ3n) is 5.06. The van der Waals surface area contributed by atoms with E-state index in [0.717, 1.165) is 9.13 Å². The Kier molecular flexibility index (Phi) is 8.60. The topological polar surface area (TPSA) is 161 Å². The van der Waals surface area contributed by atoms with Crippen LogP contribution in [0.2, 0.25) is 0 Å². The van der Waals surface area contributed by atoms with Gasteiger partial charge in [0.2, 0.25) is 0 Å². The van der Waals surface area contributed by atoms with E-state index in [2.05, 4.69) is 10.8 Å². The Balaban J connectivity index is 0.00000363. The lowest BCUT2D eigenvalue weighted by molar-refractivity contribution is -0.158. The molecule has 1 saturated heterocycles. The first-order valence-corrected chi connectivity index (χ1v) is 9.60. The van der Waals surface area contributed by atoms with Gasteiger partial charge in [-0.05, 0) is 26.0 Å². The first-order valence-electron chi connectivity index (χ1n) is 9.60. The van der Waals surface area contributed by atoms with Crippen LogP contribution in [0, 0.1) is 0 Å². The first-order chi connectivity index (χ1) is 14.8. The van der Waals surface area contributed by atoms with Crippen LogP contribution in [0.5, 0.6) is 0 Å². The fourth-order valence-electron chi connectivity index (χ4n) is 3.32. The average molecular weight is 457 g/mol. The molecule has 13 heteroatoms. The fraction of sp³-hybridized carbons (Fsp3) is 0.526. The highest BCUT2D eigenvalue weighted by Gasteiger charge is 2.51. The van der Waals surface area contributed by atoms with Gasteiger partial charge in [0.05, 0.1) is 18.9 Å². The highest BCUT2D eigenvalue weighted by Crippen LogP contribution is 2.34. The minimum absolute atomic E-state index is 0. The number of hydrogen-bond acceptors (Lipinski definition) is 10. The number of oxime groups is 1. The zero-order chi connectivity index (χ0) is 22.6. The molecular weight excluding hydrogens is 429 g/mol. The second-order valence-electron chi connectivity index (χ2n) is 7.30. The molecule has 0 aliphatic carbocycles. The number of nitrogens with one attached hydrogen (secondary N) is 1. The van der Waals surface area contributed by atoms with Gasteiger partial charge in [0.25, 0.3) is 5.56 Å². The molecule has 2 aliphatic heterocycles. The van der Waals surface area contributed by atoms with Gasteiger partial charge in [0.15, 0.2) is 11.8 Å². The number of aliphatic hydroxyl groups is 1.